The fraction of sp³-hybridized carbons (Fsp3) is 0.150. The van der Waals surface area contributed by atoms with Gasteiger partial charge >= 0.3 is 0 Å². The lowest BCUT2D eigenvalue weighted by molar-refractivity contribution is 0.0945. The molecular weight excluding hydrogens is 331 g/mol. The minimum Gasteiger partial charge on any atom is -0.346 e. The second-order valence-corrected chi connectivity index (χ2v) is 5.70. The van der Waals surface area contributed by atoms with Crippen LogP contribution in [0.5, 0.6) is 0 Å². The molecule has 0 aliphatic carbocycles. The second kappa shape index (κ2) is 8.20. The van der Waals surface area contributed by atoms with E-state index in [2.05, 4.69) is 27.5 Å². The third-order valence-electron chi connectivity index (χ3n) is 3.94. The molecule has 6 heteroatoms. The van der Waals surface area contributed by atoms with Gasteiger partial charge < -0.3 is 10.6 Å². The van der Waals surface area contributed by atoms with Crippen LogP contribution in [0.25, 0.3) is 0 Å². The van der Waals surface area contributed by atoms with Crippen LogP contribution < -0.4 is 10.6 Å². The number of rotatable bonds is 6. The number of nitrogens with zero attached hydrogens (tertiary/aromatic N) is 2. The molecule has 0 unspecified atom stereocenters. The molecule has 0 bridgehead atoms. The fourth-order valence-electron chi connectivity index (χ4n) is 2.51. The van der Waals surface area contributed by atoms with E-state index < -0.39 is 5.91 Å². The molecule has 3 aromatic rings. The van der Waals surface area contributed by atoms with Gasteiger partial charge in [0.25, 0.3) is 5.91 Å². The van der Waals surface area contributed by atoms with Crippen LogP contribution in [0.1, 0.15) is 28.5 Å². The highest BCUT2D eigenvalue weighted by Gasteiger charge is 2.10. The third-order valence-corrected chi connectivity index (χ3v) is 3.94. The number of aryl methyl sites for hydroxylation is 1. The summed E-state index contributed by atoms with van der Waals surface area (Å²) in [6, 6.07) is 14.2. The average Bonchev–Trinajstić information content (AvgIpc) is 2.68. The topological polar surface area (TPSA) is 66.9 Å². The van der Waals surface area contributed by atoms with Crippen molar-refractivity contribution in [1.29, 1.82) is 0 Å². The molecule has 0 spiro atoms. The van der Waals surface area contributed by atoms with Gasteiger partial charge in [0.15, 0.2) is 0 Å². The van der Waals surface area contributed by atoms with Crippen molar-refractivity contribution in [1.82, 2.24) is 15.3 Å². The molecule has 0 aliphatic rings. The molecule has 5 nitrogen and oxygen atoms in total. The molecule has 2 N–H and O–H groups in total. The molecule has 0 aliphatic heterocycles. The van der Waals surface area contributed by atoms with Crippen molar-refractivity contribution >= 4 is 17.4 Å². The summed E-state index contributed by atoms with van der Waals surface area (Å²) in [5.74, 6) is -0.203. The highest BCUT2D eigenvalue weighted by molar-refractivity contribution is 5.92. The standard InChI is InChI=1S/C20H19FN4O/c1-2-14-7-4-6-10-17(14)25-19-13-22-18(12-23-19)20(26)24-11-15-8-3-5-9-16(15)21/h3-10,12-13H,2,11H2,1H3,(H,23,25)(H,24,26). The number of aromatic nitrogens is 2. The van der Waals surface area contributed by atoms with Gasteiger partial charge in [-0.05, 0) is 24.1 Å². The molecule has 1 amide bonds. The van der Waals surface area contributed by atoms with Gasteiger partial charge in [-0.2, -0.15) is 0 Å². The monoisotopic (exact) mass is 350 g/mol. The van der Waals surface area contributed by atoms with Crippen LogP contribution in [0, 0.1) is 5.82 Å². The van der Waals surface area contributed by atoms with Crippen molar-refractivity contribution in [2.45, 2.75) is 19.9 Å². The van der Waals surface area contributed by atoms with E-state index in [0.29, 0.717) is 11.4 Å². The molecule has 0 fully saturated rings. The maximum Gasteiger partial charge on any atom is 0.271 e. The highest BCUT2D eigenvalue weighted by atomic mass is 19.1. The highest BCUT2D eigenvalue weighted by Crippen LogP contribution is 2.19. The van der Waals surface area contributed by atoms with E-state index in [0.717, 1.165) is 12.1 Å². The number of halogens is 1. The smallest absolute Gasteiger partial charge is 0.271 e. The molecule has 2 aromatic carbocycles. The first kappa shape index (κ1) is 17.5. The normalized spacial score (nSPS) is 10.4. The first-order valence-electron chi connectivity index (χ1n) is 8.36. The Bertz CT molecular complexity index is 896. The fourth-order valence-corrected chi connectivity index (χ4v) is 2.51. The van der Waals surface area contributed by atoms with Crippen molar-refractivity contribution in [3.05, 3.63) is 83.6 Å². The summed E-state index contributed by atoms with van der Waals surface area (Å²) in [4.78, 5) is 20.5. The molecular formula is C20H19FN4O. The minimum absolute atomic E-state index is 0.0943. The number of benzene rings is 2. The Morgan fingerprint density at radius 1 is 1.00 bits per heavy atom. The minimum atomic E-state index is -0.402. The average molecular weight is 350 g/mol. The molecule has 3 rings (SSSR count). The largest absolute Gasteiger partial charge is 0.346 e. The van der Waals surface area contributed by atoms with Crippen molar-refractivity contribution in [2.24, 2.45) is 0 Å². The lowest BCUT2D eigenvalue weighted by Gasteiger charge is -2.10. The van der Waals surface area contributed by atoms with Crippen LogP contribution in [0.2, 0.25) is 0 Å². The van der Waals surface area contributed by atoms with Crippen LogP contribution >= 0.6 is 0 Å². The number of hydrogen-bond donors (Lipinski definition) is 2. The summed E-state index contributed by atoms with van der Waals surface area (Å²) < 4.78 is 13.6. The molecule has 0 saturated heterocycles. The zero-order valence-electron chi connectivity index (χ0n) is 14.4. The van der Waals surface area contributed by atoms with Crippen LogP contribution in [0.15, 0.2) is 60.9 Å². The number of para-hydroxylation sites is 1. The Kier molecular flexibility index (Phi) is 5.53. The van der Waals surface area contributed by atoms with Crippen molar-refractivity contribution in [3.8, 4) is 0 Å². The van der Waals surface area contributed by atoms with Crippen molar-refractivity contribution in [2.75, 3.05) is 5.32 Å². The van der Waals surface area contributed by atoms with E-state index >= 15 is 0 Å². The number of anilines is 2. The van der Waals surface area contributed by atoms with Gasteiger partial charge in [0, 0.05) is 17.8 Å². The molecule has 0 radical (unpaired) electrons. The number of nitrogens with one attached hydrogen (secondary N) is 2. The van der Waals surface area contributed by atoms with E-state index in [1.165, 1.54) is 24.0 Å². The quantitative estimate of drug-likeness (QED) is 0.709. The van der Waals surface area contributed by atoms with E-state index in [-0.39, 0.29) is 18.1 Å². The predicted octanol–water partition coefficient (Wildman–Crippen LogP) is 3.85. The Balaban J connectivity index is 1.63. The Labute approximate surface area is 151 Å². The molecule has 1 heterocycles. The first-order chi connectivity index (χ1) is 12.7. The number of amides is 1. The van der Waals surface area contributed by atoms with E-state index in [1.54, 1.807) is 18.2 Å². The van der Waals surface area contributed by atoms with Gasteiger partial charge in [0.2, 0.25) is 0 Å². The van der Waals surface area contributed by atoms with Crippen LogP contribution in [-0.4, -0.2) is 15.9 Å². The first-order valence-corrected chi connectivity index (χ1v) is 8.36. The lowest BCUT2D eigenvalue weighted by atomic mass is 10.1. The molecule has 0 atom stereocenters. The van der Waals surface area contributed by atoms with E-state index in [1.807, 2.05) is 24.3 Å². The number of carbonyl (C=O) groups excluding carboxylic acids is 1. The van der Waals surface area contributed by atoms with Crippen LogP contribution in [0.4, 0.5) is 15.9 Å². The summed E-state index contributed by atoms with van der Waals surface area (Å²) in [6.45, 7) is 2.17. The van der Waals surface area contributed by atoms with E-state index in [4.69, 9.17) is 0 Å². The summed E-state index contributed by atoms with van der Waals surface area (Å²) in [6.07, 6.45) is 3.80. The molecule has 26 heavy (non-hydrogen) atoms. The summed E-state index contributed by atoms with van der Waals surface area (Å²) in [7, 11) is 0. The molecule has 0 saturated carbocycles. The van der Waals surface area contributed by atoms with Gasteiger partial charge in [0.05, 0.1) is 12.4 Å². The molecule has 1 aromatic heterocycles. The number of carbonyl (C=O) groups is 1. The van der Waals surface area contributed by atoms with Gasteiger partial charge in [-0.25, -0.2) is 14.4 Å². The Hall–Kier alpha value is -3.28. The lowest BCUT2D eigenvalue weighted by Crippen LogP contribution is -2.24. The van der Waals surface area contributed by atoms with E-state index in [9.17, 15) is 9.18 Å². The van der Waals surface area contributed by atoms with Gasteiger partial charge in [-0.15, -0.1) is 0 Å². The SMILES string of the molecule is CCc1ccccc1Nc1cnc(C(=O)NCc2ccccc2F)cn1. The third kappa shape index (κ3) is 4.22. The van der Waals surface area contributed by atoms with Crippen molar-refractivity contribution in [3.63, 3.8) is 0 Å². The summed E-state index contributed by atoms with van der Waals surface area (Å²) in [5, 5.41) is 5.84. The van der Waals surface area contributed by atoms with Crippen LogP contribution in [0.3, 0.4) is 0 Å². The zero-order valence-corrected chi connectivity index (χ0v) is 14.4. The second-order valence-electron chi connectivity index (χ2n) is 5.70. The Morgan fingerprint density at radius 3 is 2.42 bits per heavy atom. The maximum atomic E-state index is 13.6. The number of hydrogen-bond acceptors (Lipinski definition) is 4. The Morgan fingerprint density at radius 2 is 1.73 bits per heavy atom. The maximum absolute atomic E-state index is 13.6. The van der Waals surface area contributed by atoms with Crippen molar-refractivity contribution < 1.29 is 9.18 Å². The molecule has 132 valence electrons. The van der Waals surface area contributed by atoms with Gasteiger partial charge in [-0.1, -0.05) is 43.3 Å². The zero-order chi connectivity index (χ0) is 18.4. The summed E-state index contributed by atoms with van der Waals surface area (Å²) >= 11 is 0. The van der Waals surface area contributed by atoms with Crippen LogP contribution in [-0.2, 0) is 13.0 Å². The van der Waals surface area contributed by atoms with Gasteiger partial charge in [-0.3, -0.25) is 4.79 Å². The van der Waals surface area contributed by atoms with Gasteiger partial charge in [0.1, 0.15) is 17.3 Å². The summed E-state index contributed by atoms with van der Waals surface area (Å²) in [5.41, 5.74) is 2.72. The predicted molar refractivity (Wildman–Crippen MR) is 98.7 cm³/mol.